The van der Waals surface area contributed by atoms with Crippen LogP contribution in [0.15, 0.2) is 52.1 Å². The summed E-state index contributed by atoms with van der Waals surface area (Å²) in [5.74, 6) is -0.0574. The molecule has 7 nitrogen and oxygen atoms in total. The number of pyridine rings is 1. The SMILES string of the molecule is CC(N)=NC(=O)c1ccc(NC(=O)C2(c3ccc(Br)cc3)CCOCC2)nc1. The molecule has 0 atom stereocenters. The number of nitrogens with zero attached hydrogens (tertiary/aromatic N) is 2. The van der Waals surface area contributed by atoms with Gasteiger partial charge in [-0.3, -0.25) is 9.59 Å². The molecule has 0 spiro atoms. The van der Waals surface area contributed by atoms with Gasteiger partial charge in [0.25, 0.3) is 5.91 Å². The molecule has 1 aromatic carbocycles. The van der Waals surface area contributed by atoms with Crippen molar-refractivity contribution in [2.75, 3.05) is 18.5 Å². The van der Waals surface area contributed by atoms with Gasteiger partial charge in [0.2, 0.25) is 5.91 Å². The molecule has 0 radical (unpaired) electrons. The lowest BCUT2D eigenvalue weighted by molar-refractivity contribution is -0.125. The molecule has 1 saturated heterocycles. The monoisotopic (exact) mass is 444 g/mol. The Bertz CT molecular complexity index is 885. The average molecular weight is 445 g/mol. The lowest BCUT2D eigenvalue weighted by Gasteiger charge is -2.36. The van der Waals surface area contributed by atoms with Crippen molar-refractivity contribution >= 4 is 39.4 Å². The number of hydrogen-bond donors (Lipinski definition) is 2. The van der Waals surface area contributed by atoms with Crippen molar-refractivity contribution in [3.05, 3.63) is 58.2 Å². The van der Waals surface area contributed by atoms with E-state index < -0.39 is 11.3 Å². The first-order valence-electron chi connectivity index (χ1n) is 8.87. The van der Waals surface area contributed by atoms with Gasteiger partial charge in [-0.15, -0.1) is 0 Å². The van der Waals surface area contributed by atoms with Gasteiger partial charge >= 0.3 is 0 Å². The highest BCUT2D eigenvalue weighted by atomic mass is 79.9. The number of nitrogens with one attached hydrogen (secondary N) is 1. The predicted octanol–water partition coefficient (Wildman–Crippen LogP) is 3.05. The highest BCUT2D eigenvalue weighted by Gasteiger charge is 2.41. The van der Waals surface area contributed by atoms with Crippen LogP contribution in [0, 0.1) is 0 Å². The van der Waals surface area contributed by atoms with Crippen molar-refractivity contribution in [3.63, 3.8) is 0 Å². The first kappa shape index (κ1) is 20.2. The number of anilines is 1. The molecule has 3 N–H and O–H groups in total. The second kappa shape index (κ2) is 8.62. The highest BCUT2D eigenvalue weighted by Crippen LogP contribution is 2.36. The largest absolute Gasteiger partial charge is 0.387 e. The molecule has 0 unspecified atom stereocenters. The van der Waals surface area contributed by atoms with Gasteiger partial charge in [-0.05, 0) is 49.6 Å². The van der Waals surface area contributed by atoms with Crippen molar-refractivity contribution in [2.24, 2.45) is 10.7 Å². The first-order valence-corrected chi connectivity index (χ1v) is 9.66. The van der Waals surface area contributed by atoms with Crippen LogP contribution < -0.4 is 11.1 Å². The molecule has 0 bridgehead atoms. The summed E-state index contributed by atoms with van der Waals surface area (Å²) in [6.07, 6.45) is 2.55. The Hall–Kier alpha value is -2.58. The number of amidine groups is 1. The summed E-state index contributed by atoms with van der Waals surface area (Å²) in [4.78, 5) is 33.0. The number of hydrogen-bond acceptors (Lipinski definition) is 4. The number of aromatic nitrogens is 1. The minimum absolute atomic E-state index is 0.138. The lowest BCUT2D eigenvalue weighted by Crippen LogP contribution is -2.45. The van der Waals surface area contributed by atoms with Crippen LogP contribution in [0.2, 0.25) is 0 Å². The number of benzene rings is 1. The molecule has 2 heterocycles. The van der Waals surface area contributed by atoms with Gasteiger partial charge in [-0.25, -0.2) is 4.98 Å². The van der Waals surface area contributed by atoms with Crippen LogP contribution in [0.1, 0.15) is 35.7 Å². The molecule has 1 aromatic heterocycles. The van der Waals surface area contributed by atoms with E-state index in [1.807, 2.05) is 24.3 Å². The Kier molecular flexibility index (Phi) is 6.21. The number of halogens is 1. The second-order valence-electron chi connectivity index (χ2n) is 6.65. The Labute approximate surface area is 171 Å². The van der Waals surface area contributed by atoms with Gasteiger partial charge in [0.1, 0.15) is 11.7 Å². The number of ether oxygens (including phenoxy) is 1. The molecule has 1 fully saturated rings. The molecule has 8 heteroatoms. The van der Waals surface area contributed by atoms with Gasteiger partial charge in [-0.2, -0.15) is 4.99 Å². The zero-order valence-electron chi connectivity index (χ0n) is 15.4. The molecule has 0 saturated carbocycles. The molecule has 28 heavy (non-hydrogen) atoms. The summed E-state index contributed by atoms with van der Waals surface area (Å²) in [6.45, 7) is 2.57. The van der Waals surface area contributed by atoms with E-state index in [9.17, 15) is 9.59 Å². The van der Waals surface area contributed by atoms with Crippen molar-refractivity contribution in [3.8, 4) is 0 Å². The Morgan fingerprint density at radius 2 is 1.86 bits per heavy atom. The summed E-state index contributed by atoms with van der Waals surface area (Å²) in [6, 6.07) is 10.9. The van der Waals surface area contributed by atoms with Crippen molar-refractivity contribution in [1.82, 2.24) is 4.98 Å². The molecule has 3 rings (SSSR count). The topological polar surface area (TPSA) is 107 Å². The van der Waals surface area contributed by atoms with Crippen molar-refractivity contribution < 1.29 is 14.3 Å². The van der Waals surface area contributed by atoms with Crippen molar-refractivity contribution in [2.45, 2.75) is 25.2 Å². The molecule has 1 aliphatic heterocycles. The number of amides is 2. The van der Waals surface area contributed by atoms with E-state index in [-0.39, 0.29) is 11.7 Å². The van der Waals surface area contributed by atoms with E-state index >= 15 is 0 Å². The zero-order chi connectivity index (χ0) is 20.1. The highest BCUT2D eigenvalue weighted by molar-refractivity contribution is 9.10. The van der Waals surface area contributed by atoms with Crippen molar-refractivity contribution in [1.29, 1.82) is 0 Å². The van der Waals surface area contributed by atoms with Gasteiger partial charge < -0.3 is 15.8 Å². The Balaban J connectivity index is 1.81. The Morgan fingerprint density at radius 1 is 1.18 bits per heavy atom. The molecule has 1 aliphatic rings. The lowest BCUT2D eigenvalue weighted by atomic mass is 9.73. The molecule has 2 aromatic rings. The maximum absolute atomic E-state index is 13.2. The van der Waals surface area contributed by atoms with E-state index in [2.05, 4.69) is 31.2 Å². The van der Waals surface area contributed by atoms with Gasteiger partial charge in [-0.1, -0.05) is 28.1 Å². The number of rotatable bonds is 4. The smallest absolute Gasteiger partial charge is 0.280 e. The molecule has 146 valence electrons. The fraction of sp³-hybridized carbons (Fsp3) is 0.300. The Morgan fingerprint density at radius 3 is 2.43 bits per heavy atom. The normalized spacial score (nSPS) is 16.4. The van der Waals surface area contributed by atoms with Crippen LogP contribution in [0.25, 0.3) is 0 Å². The summed E-state index contributed by atoms with van der Waals surface area (Å²) in [7, 11) is 0. The number of nitrogens with two attached hydrogens (primary N) is 1. The third kappa shape index (κ3) is 4.45. The van der Waals surface area contributed by atoms with E-state index in [0.29, 0.717) is 37.4 Å². The van der Waals surface area contributed by atoms with Crippen LogP contribution in [0.5, 0.6) is 0 Å². The van der Waals surface area contributed by atoms with Crippen LogP contribution in [0.4, 0.5) is 5.82 Å². The van der Waals surface area contributed by atoms with E-state index in [1.165, 1.54) is 13.1 Å². The minimum Gasteiger partial charge on any atom is -0.387 e. The quantitative estimate of drug-likeness (QED) is 0.556. The van der Waals surface area contributed by atoms with Gasteiger partial charge in [0.05, 0.1) is 11.0 Å². The zero-order valence-corrected chi connectivity index (χ0v) is 17.0. The van der Waals surface area contributed by atoms with Crippen LogP contribution in [-0.4, -0.2) is 35.8 Å². The summed E-state index contributed by atoms with van der Waals surface area (Å²) in [5.41, 5.74) is 5.99. The summed E-state index contributed by atoms with van der Waals surface area (Å²) >= 11 is 3.43. The first-order chi connectivity index (χ1) is 13.4. The standard InChI is InChI=1S/C20H21BrN4O3/c1-13(22)24-18(26)14-2-7-17(23-12-14)25-19(27)20(8-10-28-11-9-20)15-3-5-16(21)6-4-15/h2-7,12H,8-11H2,1H3,(H2,22,24,26)(H,23,25,27). The van der Waals surface area contributed by atoms with Crippen LogP contribution in [0.3, 0.4) is 0 Å². The number of aliphatic imine (C=N–C) groups is 1. The fourth-order valence-electron chi connectivity index (χ4n) is 3.19. The van der Waals surface area contributed by atoms with Gasteiger partial charge in [0.15, 0.2) is 0 Å². The average Bonchev–Trinajstić information content (AvgIpc) is 2.69. The molecular weight excluding hydrogens is 424 g/mol. The fourth-order valence-corrected chi connectivity index (χ4v) is 3.45. The maximum Gasteiger partial charge on any atom is 0.280 e. The third-order valence-electron chi connectivity index (χ3n) is 4.71. The predicted molar refractivity (Wildman–Crippen MR) is 110 cm³/mol. The van der Waals surface area contributed by atoms with E-state index in [1.54, 1.807) is 12.1 Å². The number of carbonyl (C=O) groups excluding carboxylic acids is 2. The maximum atomic E-state index is 13.2. The molecular formula is C20H21BrN4O3. The van der Waals surface area contributed by atoms with E-state index in [4.69, 9.17) is 10.5 Å². The number of carbonyl (C=O) groups is 2. The van der Waals surface area contributed by atoms with Crippen LogP contribution >= 0.6 is 15.9 Å². The molecule has 0 aliphatic carbocycles. The summed E-state index contributed by atoms with van der Waals surface area (Å²) < 4.78 is 6.43. The van der Waals surface area contributed by atoms with Gasteiger partial charge in [0, 0.05) is 23.9 Å². The minimum atomic E-state index is -0.684. The summed E-state index contributed by atoms with van der Waals surface area (Å²) in [5, 5.41) is 2.88. The molecule has 2 amide bonds. The van der Waals surface area contributed by atoms with Crippen LogP contribution in [-0.2, 0) is 14.9 Å². The second-order valence-corrected chi connectivity index (χ2v) is 7.56. The van der Waals surface area contributed by atoms with E-state index in [0.717, 1.165) is 10.0 Å². The third-order valence-corrected chi connectivity index (χ3v) is 5.24.